The minimum Gasteiger partial charge on any atom is -0.368 e. The molecule has 11 heavy (non-hydrogen) atoms. The average molecular weight is 164 g/mol. The van der Waals surface area contributed by atoms with Gasteiger partial charge in [-0.3, -0.25) is 0 Å². The summed E-state index contributed by atoms with van der Waals surface area (Å²) in [6, 6.07) is 0. The maximum absolute atomic E-state index is 8.96. The predicted molar refractivity (Wildman–Crippen MR) is 40.1 cm³/mol. The van der Waals surface area contributed by atoms with Crippen molar-refractivity contribution in [3.63, 3.8) is 0 Å². The molecule has 0 radical (unpaired) electrons. The SMILES string of the molecule is CCC(O)OCC(OC)OC. The van der Waals surface area contributed by atoms with Crippen LogP contribution in [0.4, 0.5) is 0 Å². The largest absolute Gasteiger partial charge is 0.368 e. The highest BCUT2D eigenvalue weighted by Gasteiger charge is 2.07. The highest BCUT2D eigenvalue weighted by atomic mass is 16.7. The van der Waals surface area contributed by atoms with Crippen LogP contribution >= 0.6 is 0 Å². The predicted octanol–water partition coefficient (Wildman–Crippen LogP) is 0.350. The first-order valence-electron chi connectivity index (χ1n) is 3.59. The Morgan fingerprint density at radius 1 is 1.27 bits per heavy atom. The summed E-state index contributed by atoms with van der Waals surface area (Å²) in [6.07, 6.45) is -0.542. The third kappa shape index (κ3) is 5.15. The van der Waals surface area contributed by atoms with E-state index in [9.17, 15) is 0 Å². The van der Waals surface area contributed by atoms with Crippen LogP contribution in [0.25, 0.3) is 0 Å². The molecule has 1 atom stereocenters. The summed E-state index contributed by atoms with van der Waals surface area (Å²) in [5.41, 5.74) is 0. The third-order valence-corrected chi connectivity index (χ3v) is 1.30. The van der Waals surface area contributed by atoms with Gasteiger partial charge in [0.15, 0.2) is 12.6 Å². The average Bonchev–Trinajstić information content (AvgIpc) is 2.06. The van der Waals surface area contributed by atoms with Gasteiger partial charge < -0.3 is 19.3 Å². The molecular weight excluding hydrogens is 148 g/mol. The second-order valence-corrected chi connectivity index (χ2v) is 2.10. The van der Waals surface area contributed by atoms with Crippen molar-refractivity contribution in [1.82, 2.24) is 0 Å². The number of ether oxygens (including phenoxy) is 3. The van der Waals surface area contributed by atoms with Crippen LogP contribution in [0.2, 0.25) is 0 Å². The normalized spacial score (nSPS) is 13.9. The van der Waals surface area contributed by atoms with Crippen LogP contribution in [-0.4, -0.2) is 38.5 Å². The molecule has 0 amide bonds. The van der Waals surface area contributed by atoms with Crippen molar-refractivity contribution >= 4 is 0 Å². The smallest absolute Gasteiger partial charge is 0.180 e. The Balaban J connectivity index is 3.34. The molecule has 0 aliphatic heterocycles. The lowest BCUT2D eigenvalue weighted by Crippen LogP contribution is -2.24. The Morgan fingerprint density at radius 3 is 2.18 bits per heavy atom. The van der Waals surface area contributed by atoms with E-state index >= 15 is 0 Å². The fraction of sp³-hybridized carbons (Fsp3) is 1.00. The van der Waals surface area contributed by atoms with Crippen LogP contribution in [0.1, 0.15) is 13.3 Å². The lowest BCUT2D eigenvalue weighted by atomic mass is 10.5. The molecule has 4 nitrogen and oxygen atoms in total. The van der Waals surface area contributed by atoms with E-state index in [0.717, 1.165) is 0 Å². The number of hydrogen-bond acceptors (Lipinski definition) is 4. The van der Waals surface area contributed by atoms with Crippen LogP contribution < -0.4 is 0 Å². The van der Waals surface area contributed by atoms with Crippen LogP contribution in [0, 0.1) is 0 Å². The van der Waals surface area contributed by atoms with Gasteiger partial charge in [-0.15, -0.1) is 0 Å². The van der Waals surface area contributed by atoms with Crippen molar-refractivity contribution < 1.29 is 19.3 Å². The van der Waals surface area contributed by atoms with Gasteiger partial charge >= 0.3 is 0 Å². The van der Waals surface area contributed by atoms with E-state index in [1.54, 1.807) is 0 Å². The van der Waals surface area contributed by atoms with E-state index < -0.39 is 12.6 Å². The van der Waals surface area contributed by atoms with Crippen molar-refractivity contribution in [2.24, 2.45) is 0 Å². The summed E-state index contributed by atoms with van der Waals surface area (Å²) in [4.78, 5) is 0. The molecule has 0 aliphatic carbocycles. The molecule has 0 fully saturated rings. The Hall–Kier alpha value is -0.160. The number of aliphatic hydroxyl groups is 1. The summed E-state index contributed by atoms with van der Waals surface area (Å²) in [6.45, 7) is 2.08. The highest BCUT2D eigenvalue weighted by molar-refractivity contribution is 4.40. The highest BCUT2D eigenvalue weighted by Crippen LogP contribution is 1.97. The van der Waals surface area contributed by atoms with E-state index in [4.69, 9.17) is 19.3 Å². The molecule has 0 aliphatic rings. The van der Waals surface area contributed by atoms with Gasteiger partial charge in [0.1, 0.15) is 6.61 Å². The van der Waals surface area contributed by atoms with Gasteiger partial charge in [-0.2, -0.15) is 0 Å². The Morgan fingerprint density at radius 2 is 1.82 bits per heavy atom. The molecule has 0 spiro atoms. The van der Waals surface area contributed by atoms with Crippen molar-refractivity contribution in [2.75, 3.05) is 20.8 Å². The zero-order valence-corrected chi connectivity index (χ0v) is 7.24. The number of rotatable bonds is 6. The molecular formula is C7H16O4. The van der Waals surface area contributed by atoms with Gasteiger partial charge in [-0.05, 0) is 6.42 Å². The maximum atomic E-state index is 8.96. The van der Waals surface area contributed by atoms with Gasteiger partial charge in [-0.1, -0.05) is 6.92 Å². The second-order valence-electron chi connectivity index (χ2n) is 2.10. The van der Waals surface area contributed by atoms with Crippen molar-refractivity contribution in [1.29, 1.82) is 0 Å². The van der Waals surface area contributed by atoms with Crippen molar-refractivity contribution in [3.8, 4) is 0 Å². The van der Waals surface area contributed by atoms with Gasteiger partial charge in [0.2, 0.25) is 0 Å². The van der Waals surface area contributed by atoms with E-state index in [2.05, 4.69) is 0 Å². The number of aliphatic hydroxyl groups excluding tert-OH is 1. The molecule has 1 N–H and O–H groups in total. The van der Waals surface area contributed by atoms with E-state index in [1.807, 2.05) is 6.92 Å². The Labute approximate surface area is 67.1 Å². The summed E-state index contributed by atoms with van der Waals surface area (Å²) >= 11 is 0. The lowest BCUT2D eigenvalue weighted by Gasteiger charge is -2.15. The van der Waals surface area contributed by atoms with Gasteiger partial charge in [0.05, 0.1) is 0 Å². The quantitative estimate of drug-likeness (QED) is 0.575. The minimum absolute atomic E-state index is 0.252. The van der Waals surface area contributed by atoms with Crippen LogP contribution in [0.5, 0.6) is 0 Å². The molecule has 1 unspecified atom stereocenters. The Bertz CT molecular complexity index is 82.5. The number of hydrogen-bond donors (Lipinski definition) is 1. The third-order valence-electron chi connectivity index (χ3n) is 1.30. The first-order chi connectivity index (χ1) is 5.24. The van der Waals surface area contributed by atoms with Gasteiger partial charge in [-0.25, -0.2) is 0 Å². The van der Waals surface area contributed by atoms with Crippen molar-refractivity contribution in [2.45, 2.75) is 25.9 Å². The molecule has 0 aromatic carbocycles. The van der Waals surface area contributed by atoms with Crippen molar-refractivity contribution in [3.05, 3.63) is 0 Å². The first kappa shape index (κ1) is 10.8. The van der Waals surface area contributed by atoms with Gasteiger partial charge in [0, 0.05) is 14.2 Å². The summed E-state index contributed by atoms with van der Waals surface area (Å²) in [5.74, 6) is 0. The first-order valence-corrected chi connectivity index (χ1v) is 3.59. The van der Waals surface area contributed by atoms with E-state index in [1.165, 1.54) is 14.2 Å². The van der Waals surface area contributed by atoms with E-state index in [0.29, 0.717) is 6.42 Å². The summed E-state index contributed by atoms with van der Waals surface area (Å²) in [7, 11) is 3.05. The van der Waals surface area contributed by atoms with Gasteiger partial charge in [0.25, 0.3) is 0 Å². The number of methoxy groups -OCH3 is 2. The fourth-order valence-electron chi connectivity index (χ4n) is 0.540. The molecule has 68 valence electrons. The molecule has 4 heteroatoms. The summed E-state index contributed by atoms with van der Waals surface area (Å²) < 4.78 is 14.6. The molecule has 0 rings (SSSR count). The lowest BCUT2D eigenvalue weighted by molar-refractivity contribution is -0.187. The molecule has 0 saturated carbocycles. The standard InChI is InChI=1S/C7H16O4/c1-4-6(8)11-5-7(9-2)10-3/h6-8H,4-5H2,1-3H3. The second kappa shape index (κ2) is 6.54. The van der Waals surface area contributed by atoms with Crippen LogP contribution in [-0.2, 0) is 14.2 Å². The fourth-order valence-corrected chi connectivity index (χ4v) is 0.540. The zero-order chi connectivity index (χ0) is 8.69. The summed E-state index contributed by atoms with van der Waals surface area (Å²) in [5, 5.41) is 8.96. The molecule has 0 aromatic heterocycles. The minimum atomic E-state index is -0.720. The molecule has 0 bridgehead atoms. The Kier molecular flexibility index (Phi) is 6.45. The monoisotopic (exact) mass is 164 g/mol. The molecule has 0 saturated heterocycles. The molecule has 0 aromatic rings. The van der Waals surface area contributed by atoms with E-state index in [-0.39, 0.29) is 6.61 Å². The zero-order valence-electron chi connectivity index (χ0n) is 7.24. The van der Waals surface area contributed by atoms with Crippen LogP contribution in [0.3, 0.4) is 0 Å². The maximum Gasteiger partial charge on any atom is 0.180 e. The topological polar surface area (TPSA) is 47.9 Å². The molecule has 0 heterocycles. The van der Waals surface area contributed by atoms with Crippen LogP contribution in [0.15, 0.2) is 0 Å².